The molecule has 5 aliphatic heterocycles. The lowest BCUT2D eigenvalue weighted by molar-refractivity contribution is -0.137. The summed E-state index contributed by atoms with van der Waals surface area (Å²) in [5.74, 6) is -2.10. The van der Waals surface area contributed by atoms with Crippen molar-refractivity contribution >= 4 is 80.8 Å². The third-order valence-electron chi connectivity index (χ3n) is 18.4. The first-order valence-corrected chi connectivity index (χ1v) is 33.8. The summed E-state index contributed by atoms with van der Waals surface area (Å²) in [6, 6.07) is 24.3. The minimum Gasteiger partial charge on any atom is -0.462 e. The van der Waals surface area contributed by atoms with E-state index in [-0.39, 0.29) is 62.4 Å². The van der Waals surface area contributed by atoms with Crippen molar-refractivity contribution < 1.29 is 42.6 Å². The number of benzene rings is 4. The van der Waals surface area contributed by atoms with E-state index in [1.807, 2.05) is 36.4 Å². The lowest BCUT2D eigenvalue weighted by Gasteiger charge is -2.42. The Morgan fingerprint density at radius 1 is 0.772 bits per heavy atom. The van der Waals surface area contributed by atoms with Crippen LogP contribution in [0.15, 0.2) is 85.2 Å². The van der Waals surface area contributed by atoms with Crippen LogP contribution in [-0.2, 0) is 56.3 Å². The summed E-state index contributed by atoms with van der Waals surface area (Å²) in [7, 11) is 0. The number of urea groups is 1. The number of piperidine rings is 1. The molecule has 5 aromatic rings. The number of hydrogen-bond acceptors (Lipinski definition) is 14. The molecule has 3 fully saturated rings. The predicted molar refractivity (Wildman–Crippen MR) is 355 cm³/mol. The minimum atomic E-state index is -1.04. The summed E-state index contributed by atoms with van der Waals surface area (Å²) in [5, 5.41) is 21.1. The van der Waals surface area contributed by atoms with Gasteiger partial charge in [0.1, 0.15) is 18.5 Å². The molecule has 10 rings (SSSR count). The van der Waals surface area contributed by atoms with Crippen molar-refractivity contribution in [2.45, 2.75) is 160 Å². The first-order chi connectivity index (χ1) is 44.8. The maximum absolute atomic E-state index is 14.1. The van der Waals surface area contributed by atoms with Gasteiger partial charge in [0.05, 0.1) is 55.6 Å². The summed E-state index contributed by atoms with van der Waals surface area (Å²) < 4.78 is 32.6. The Morgan fingerprint density at radius 3 is 2.28 bits per heavy atom. The summed E-state index contributed by atoms with van der Waals surface area (Å²) >= 11 is 13.3. The number of fused-ring (bicyclic) bond motifs is 3. The molecule has 6 heterocycles. The summed E-state index contributed by atoms with van der Waals surface area (Å²) in [6.07, 6.45) is 18.5. The SMILES string of the molecule is C=C(F)C(=O)N1CCN(c2nc(OC[C@@H]3CCCN3CCOCCOCCCCCCCCCCCCCCc3cc(Cl)cc(NC(=O)NCc4ccc5c(c4)CN(C4CCC(=O)NC4=O)C5=O)c3)nc3c2CCN(c2cccc4cccc(Cl)c24)C3)C[C@@H]1CC#N. The van der Waals surface area contributed by atoms with Crippen molar-refractivity contribution in [3.05, 3.63) is 129 Å². The van der Waals surface area contributed by atoms with Gasteiger partial charge < -0.3 is 44.4 Å². The average Bonchev–Trinajstić information content (AvgIpc) is 1.23. The molecule has 0 spiro atoms. The number of carbonyl (C=O) groups is 5. The number of likely N-dealkylation sites (tertiary alicyclic amines) is 1. The van der Waals surface area contributed by atoms with Crippen molar-refractivity contribution in [2.75, 3.05) is 87.4 Å². The van der Waals surface area contributed by atoms with E-state index in [1.165, 1.54) is 67.6 Å². The van der Waals surface area contributed by atoms with Crippen LogP contribution in [0.2, 0.25) is 10.0 Å². The molecule has 92 heavy (non-hydrogen) atoms. The zero-order chi connectivity index (χ0) is 64.3. The molecule has 3 atom stereocenters. The van der Waals surface area contributed by atoms with E-state index in [4.69, 9.17) is 47.4 Å². The highest BCUT2D eigenvalue weighted by molar-refractivity contribution is 6.36. The van der Waals surface area contributed by atoms with Crippen molar-refractivity contribution in [1.82, 2.24) is 35.3 Å². The Bertz CT molecular complexity index is 3470. The van der Waals surface area contributed by atoms with E-state index in [9.17, 15) is 33.6 Å². The zero-order valence-electron chi connectivity index (χ0n) is 52.7. The number of anilines is 3. The molecule has 19 nitrogen and oxygen atoms in total. The van der Waals surface area contributed by atoms with E-state index in [2.05, 4.69) is 61.5 Å². The Morgan fingerprint density at radius 2 is 1.52 bits per heavy atom. The first-order valence-electron chi connectivity index (χ1n) is 33.0. The number of piperazine rings is 1. The summed E-state index contributed by atoms with van der Waals surface area (Å²) in [5.41, 5.74) is 6.72. The highest BCUT2D eigenvalue weighted by Gasteiger charge is 2.40. The third kappa shape index (κ3) is 18.0. The molecule has 0 bridgehead atoms. The number of ether oxygens (including phenoxy) is 3. The summed E-state index contributed by atoms with van der Waals surface area (Å²) in [6.45, 7) is 10.5. The monoisotopic (exact) mass is 1300 g/mol. The number of carbonyl (C=O) groups excluding carboxylic acids is 5. The van der Waals surface area contributed by atoms with Gasteiger partial charge in [-0.25, -0.2) is 9.18 Å². The first kappa shape index (κ1) is 67.5. The lowest BCUT2D eigenvalue weighted by atomic mass is 10.0. The fourth-order valence-electron chi connectivity index (χ4n) is 13.5. The number of rotatable bonds is 32. The van der Waals surface area contributed by atoms with E-state index >= 15 is 0 Å². The van der Waals surface area contributed by atoms with Gasteiger partial charge in [0, 0.05) is 97.8 Å². The number of nitrogens with zero attached hydrogens (tertiary/aromatic N) is 8. The standard InChI is InChI=1S/C70H86Cl2FN11O8/c1-48(73)67(87)83-33-32-82(45-55(83)27-29-74)65-58-28-31-81(61-22-15-19-51-18-14-21-59(72)64(51)61)46-60(58)77-70(79-65)92-47-56-20-16-30-80(56)34-36-91-38-37-90-35-13-11-9-7-5-3-2-4-6-8-10-12-17-49-40-53(71)42-54(41-49)76-69(89)75-43-50-23-24-57-52(39-50)44-84(68(57)88)62-25-26-63(85)78-66(62)86/h14-15,18-19,21-24,39-42,55-56,62H,1-13,16-17,20,25-28,30-38,43-47H2,(H2,75,76,89)(H,78,85,86)/t55-,56-,62?/m0/s1. The van der Waals surface area contributed by atoms with Gasteiger partial charge in [-0.15, -0.1) is 0 Å². The van der Waals surface area contributed by atoms with Crippen LogP contribution in [0.1, 0.15) is 147 Å². The molecule has 0 radical (unpaired) electrons. The van der Waals surface area contributed by atoms with E-state index in [1.54, 1.807) is 18.2 Å². The molecule has 22 heteroatoms. The van der Waals surface area contributed by atoms with Crippen LogP contribution < -0.4 is 30.5 Å². The number of nitriles is 1. The number of unbranched alkanes of at least 4 members (excludes halogenated alkanes) is 11. The summed E-state index contributed by atoms with van der Waals surface area (Å²) in [4.78, 5) is 82.6. The molecule has 3 N–H and O–H groups in total. The number of hydrogen-bond donors (Lipinski definition) is 3. The molecule has 0 aliphatic carbocycles. The van der Waals surface area contributed by atoms with Crippen molar-refractivity contribution in [3.63, 3.8) is 0 Å². The second-order valence-electron chi connectivity index (χ2n) is 24.8. The average molecular weight is 1300 g/mol. The molecule has 0 saturated carbocycles. The molecule has 1 unspecified atom stereocenters. The van der Waals surface area contributed by atoms with E-state index in [0.717, 1.165) is 108 Å². The number of amides is 6. The molecule has 3 saturated heterocycles. The zero-order valence-corrected chi connectivity index (χ0v) is 54.2. The number of aromatic nitrogens is 2. The van der Waals surface area contributed by atoms with Gasteiger partial charge in [0.25, 0.3) is 11.8 Å². The highest BCUT2D eigenvalue weighted by atomic mass is 35.5. The molecule has 1 aromatic heterocycles. The fourth-order valence-corrected chi connectivity index (χ4v) is 14.1. The Hall–Kier alpha value is -7.41. The molecule has 6 amide bonds. The van der Waals surface area contributed by atoms with Crippen LogP contribution >= 0.6 is 23.2 Å². The second kappa shape index (κ2) is 33.4. The van der Waals surface area contributed by atoms with Crippen LogP contribution in [0.25, 0.3) is 10.8 Å². The van der Waals surface area contributed by atoms with Gasteiger partial charge in [0.15, 0.2) is 5.83 Å². The van der Waals surface area contributed by atoms with Gasteiger partial charge in [-0.2, -0.15) is 15.2 Å². The van der Waals surface area contributed by atoms with Gasteiger partial charge in [-0.1, -0.05) is 130 Å². The Kier molecular flexibility index (Phi) is 24.5. The highest BCUT2D eigenvalue weighted by Crippen LogP contribution is 2.38. The molecular formula is C70H86Cl2FN11O8. The number of nitrogens with one attached hydrogen (secondary N) is 3. The van der Waals surface area contributed by atoms with Crippen LogP contribution in [0.5, 0.6) is 6.01 Å². The number of imide groups is 1. The predicted octanol–water partition coefficient (Wildman–Crippen LogP) is 11.8. The van der Waals surface area contributed by atoms with Gasteiger partial charge in [-0.05, 0) is 110 Å². The quantitative estimate of drug-likeness (QED) is 0.0208. The fraction of sp³-hybridized carbons (Fsp3) is 0.514. The second-order valence-corrected chi connectivity index (χ2v) is 25.7. The molecule has 5 aliphatic rings. The van der Waals surface area contributed by atoms with Crippen LogP contribution in [0, 0.1) is 11.3 Å². The van der Waals surface area contributed by atoms with Gasteiger partial charge in [-0.3, -0.25) is 29.4 Å². The largest absolute Gasteiger partial charge is 0.462 e. The van der Waals surface area contributed by atoms with Crippen molar-refractivity contribution in [1.29, 1.82) is 5.26 Å². The van der Waals surface area contributed by atoms with Gasteiger partial charge >= 0.3 is 12.0 Å². The Labute approximate surface area is 549 Å². The van der Waals surface area contributed by atoms with E-state index < -0.39 is 29.7 Å². The Balaban J connectivity index is 0.555. The minimum absolute atomic E-state index is 0.0459. The maximum atomic E-state index is 14.1. The normalized spacial score (nSPS) is 18.2. The van der Waals surface area contributed by atoms with Crippen LogP contribution in [0.4, 0.5) is 26.4 Å². The number of halogens is 3. The molecular weight excluding hydrogens is 1210 g/mol. The molecule has 4 aromatic carbocycles. The maximum Gasteiger partial charge on any atom is 0.319 e. The topological polar surface area (TPSA) is 215 Å². The molecule has 490 valence electrons. The lowest BCUT2D eigenvalue weighted by Crippen LogP contribution is -2.55. The third-order valence-corrected chi connectivity index (χ3v) is 18.9. The van der Waals surface area contributed by atoms with Crippen molar-refractivity contribution in [2.24, 2.45) is 0 Å². The van der Waals surface area contributed by atoms with Crippen LogP contribution in [-0.4, -0.2) is 145 Å². The van der Waals surface area contributed by atoms with Crippen molar-refractivity contribution in [3.8, 4) is 12.1 Å². The van der Waals surface area contributed by atoms with E-state index in [0.29, 0.717) is 86.7 Å². The van der Waals surface area contributed by atoms with Gasteiger partial charge in [0.2, 0.25) is 11.8 Å². The smallest absolute Gasteiger partial charge is 0.319 e. The van der Waals surface area contributed by atoms with Crippen LogP contribution in [0.3, 0.4) is 0 Å². The number of aryl methyl sites for hydroxylation is 1.